The van der Waals surface area contributed by atoms with Gasteiger partial charge in [0.25, 0.3) is 0 Å². The minimum Gasteiger partial charge on any atom is -0.372 e. The molecule has 12 fully saturated rings. The maximum absolute atomic E-state index is 7.11. The third-order valence-electron chi connectivity index (χ3n) is 19.3. The fraction of sp³-hybridized carbons (Fsp3) is 1.00. The number of morpholine rings is 2. The quantitative estimate of drug-likeness (QED) is 0.281. The molecule has 4 saturated heterocycles. The number of hydrogen-bond acceptors (Lipinski definition) is 4. The van der Waals surface area contributed by atoms with Crippen LogP contribution in [0.5, 0.6) is 0 Å². The van der Waals surface area contributed by atoms with Gasteiger partial charge in [0.2, 0.25) is 0 Å². The van der Waals surface area contributed by atoms with Crippen molar-refractivity contribution in [2.75, 3.05) is 0 Å². The van der Waals surface area contributed by atoms with Gasteiger partial charge >= 0.3 is 0 Å². The monoisotopic (exact) mass is 657 g/mol. The molecule has 4 aliphatic heterocycles. The average Bonchev–Trinajstić information content (AvgIpc) is 3.14. The highest BCUT2D eigenvalue weighted by atomic mass is 16.5. The van der Waals surface area contributed by atoms with E-state index in [9.17, 15) is 0 Å². The molecule has 4 heterocycles. The Labute approximate surface area is 292 Å². The summed E-state index contributed by atoms with van der Waals surface area (Å²) in [5.41, 5.74) is 0. The molecular formula is C44H68N2O2. The Bertz CT molecular complexity index is 1130. The molecule has 8 saturated carbocycles. The summed E-state index contributed by atoms with van der Waals surface area (Å²) >= 11 is 0. The van der Waals surface area contributed by atoms with Crippen molar-refractivity contribution in [3.8, 4) is 0 Å². The highest BCUT2D eigenvalue weighted by Gasteiger charge is 2.65. The van der Waals surface area contributed by atoms with Crippen molar-refractivity contribution in [2.45, 2.75) is 215 Å². The van der Waals surface area contributed by atoms with Crippen molar-refractivity contribution in [1.82, 2.24) is 9.80 Å². The number of ether oxygens (including phenoxy) is 2. The second-order valence-electron chi connectivity index (χ2n) is 20.5. The molecule has 4 heteroatoms. The molecule has 12 aliphatic rings. The first-order valence-corrected chi connectivity index (χ1v) is 22.7. The topological polar surface area (TPSA) is 24.9 Å². The zero-order valence-corrected chi connectivity index (χ0v) is 30.2. The Balaban J connectivity index is 0.876. The molecule has 20 atom stereocenters. The largest absolute Gasteiger partial charge is 0.372 e. The van der Waals surface area contributed by atoms with E-state index < -0.39 is 0 Å². The first-order chi connectivity index (χ1) is 23.8. The molecule has 0 aromatic heterocycles. The second kappa shape index (κ2) is 11.7. The Kier molecular flexibility index (Phi) is 7.37. The summed E-state index contributed by atoms with van der Waals surface area (Å²) in [6, 6.07) is 4.87. The molecule has 12 rings (SSSR count). The highest BCUT2D eigenvalue weighted by Crippen LogP contribution is 2.65. The minimum absolute atomic E-state index is 0.558. The van der Waals surface area contributed by atoms with Gasteiger partial charge in [-0.1, -0.05) is 51.4 Å². The van der Waals surface area contributed by atoms with E-state index >= 15 is 0 Å². The predicted molar refractivity (Wildman–Crippen MR) is 189 cm³/mol. The molecule has 48 heavy (non-hydrogen) atoms. The van der Waals surface area contributed by atoms with Gasteiger partial charge in [0, 0.05) is 36.3 Å². The summed E-state index contributed by atoms with van der Waals surface area (Å²) in [5.74, 6) is 10.1. The molecule has 0 aromatic rings. The van der Waals surface area contributed by atoms with Crippen LogP contribution in [-0.2, 0) is 9.47 Å². The molecule has 20 unspecified atom stereocenters. The van der Waals surface area contributed by atoms with Gasteiger partial charge < -0.3 is 9.47 Å². The summed E-state index contributed by atoms with van der Waals surface area (Å²) < 4.78 is 14.2. The molecule has 8 aliphatic carbocycles. The van der Waals surface area contributed by atoms with E-state index in [2.05, 4.69) is 9.80 Å². The van der Waals surface area contributed by atoms with Crippen molar-refractivity contribution in [2.24, 2.45) is 59.2 Å². The predicted octanol–water partition coefficient (Wildman–Crippen LogP) is 9.00. The van der Waals surface area contributed by atoms with E-state index in [1.54, 1.807) is 64.2 Å². The van der Waals surface area contributed by atoms with E-state index in [4.69, 9.17) is 9.47 Å². The van der Waals surface area contributed by atoms with Crippen LogP contribution in [0.2, 0.25) is 0 Å². The summed E-state index contributed by atoms with van der Waals surface area (Å²) in [6.07, 6.45) is 37.8. The number of piperidine rings is 2. The molecule has 0 radical (unpaired) electrons. The smallest absolute Gasteiger partial charge is 0.0737 e. The number of rotatable bonds is 1. The Morgan fingerprint density at radius 2 is 0.646 bits per heavy atom. The highest BCUT2D eigenvalue weighted by molar-refractivity contribution is 5.17. The molecule has 0 amide bonds. The molecule has 0 N–H and O–H groups in total. The SMILES string of the molecule is C1CCC2C(C1)OC1CCCC3C4CCCC5C(C6CCC7C8C6CCCC8C6CCCC8OC9CCCCC9N7C86)CCC(C54)N2C13. The average molecular weight is 657 g/mol. The Hall–Kier alpha value is -0.160. The number of hydrogen-bond donors (Lipinski definition) is 0. The van der Waals surface area contributed by atoms with Crippen LogP contribution < -0.4 is 0 Å². The van der Waals surface area contributed by atoms with Crippen LogP contribution in [0.3, 0.4) is 0 Å². The number of nitrogens with zero attached hydrogens (tertiary/aromatic N) is 2. The van der Waals surface area contributed by atoms with Gasteiger partial charge in [0.15, 0.2) is 0 Å². The molecule has 0 spiro atoms. The van der Waals surface area contributed by atoms with Crippen molar-refractivity contribution >= 4 is 0 Å². The first kappa shape index (κ1) is 30.3. The second-order valence-corrected chi connectivity index (χ2v) is 20.5. The fourth-order valence-electron chi connectivity index (χ4n) is 18.4. The lowest BCUT2D eigenvalue weighted by atomic mass is 9.45. The van der Waals surface area contributed by atoms with Gasteiger partial charge in [-0.05, 0) is 162 Å². The molecular weight excluding hydrogens is 588 g/mol. The third kappa shape index (κ3) is 4.22. The van der Waals surface area contributed by atoms with Crippen LogP contribution in [0.25, 0.3) is 0 Å². The molecule has 4 nitrogen and oxygen atoms in total. The van der Waals surface area contributed by atoms with Gasteiger partial charge in [-0.2, -0.15) is 0 Å². The first-order valence-electron chi connectivity index (χ1n) is 22.7. The van der Waals surface area contributed by atoms with Crippen molar-refractivity contribution in [1.29, 1.82) is 0 Å². The van der Waals surface area contributed by atoms with Crippen LogP contribution in [-0.4, -0.2) is 70.5 Å². The summed E-state index contributed by atoms with van der Waals surface area (Å²) in [4.78, 5) is 6.62. The van der Waals surface area contributed by atoms with Crippen LogP contribution in [0.4, 0.5) is 0 Å². The van der Waals surface area contributed by atoms with E-state index in [-0.39, 0.29) is 0 Å². The lowest BCUT2D eigenvalue weighted by Crippen LogP contribution is -2.75. The van der Waals surface area contributed by atoms with Gasteiger partial charge in [-0.3, -0.25) is 9.80 Å². The van der Waals surface area contributed by atoms with E-state index in [1.807, 2.05) is 0 Å². The fourth-order valence-corrected chi connectivity index (χ4v) is 18.4. The van der Waals surface area contributed by atoms with Crippen LogP contribution in [0.1, 0.15) is 154 Å². The van der Waals surface area contributed by atoms with E-state index in [1.165, 1.54) is 89.9 Å². The summed E-state index contributed by atoms with van der Waals surface area (Å²) in [5, 5.41) is 0. The standard InChI is InChI=1S/C44H68N2O2/c1-3-17-37-33(15-1)45-35-23-21-25(27-9-5-11-29(41(27)35)31-13-7-19-39(47-37)43(31)45)26-22-24-36-42-28(26)10-6-12-30(42)32-14-8-20-40-44(32)46(36)34-16-2-4-18-38(34)48-40/h25-44H,1-24H2. The molecule has 0 bridgehead atoms. The van der Waals surface area contributed by atoms with E-state index in [0.29, 0.717) is 24.4 Å². The van der Waals surface area contributed by atoms with Gasteiger partial charge in [0.05, 0.1) is 24.4 Å². The summed E-state index contributed by atoms with van der Waals surface area (Å²) in [6.45, 7) is 0. The van der Waals surface area contributed by atoms with E-state index in [0.717, 1.165) is 95.4 Å². The Morgan fingerprint density at radius 1 is 0.271 bits per heavy atom. The van der Waals surface area contributed by atoms with Gasteiger partial charge in [-0.15, -0.1) is 0 Å². The summed E-state index contributed by atoms with van der Waals surface area (Å²) in [7, 11) is 0. The van der Waals surface area contributed by atoms with Crippen molar-refractivity contribution in [3.63, 3.8) is 0 Å². The maximum atomic E-state index is 7.11. The lowest BCUT2D eigenvalue weighted by molar-refractivity contribution is -0.261. The zero-order chi connectivity index (χ0) is 31.1. The normalized spacial score (nSPS) is 60.2. The van der Waals surface area contributed by atoms with Crippen LogP contribution >= 0.6 is 0 Å². The minimum atomic E-state index is 0.558. The van der Waals surface area contributed by atoms with Crippen LogP contribution in [0.15, 0.2) is 0 Å². The lowest BCUT2D eigenvalue weighted by Gasteiger charge is -2.70. The Morgan fingerprint density at radius 3 is 1.12 bits per heavy atom. The maximum Gasteiger partial charge on any atom is 0.0737 e. The van der Waals surface area contributed by atoms with Gasteiger partial charge in [0.1, 0.15) is 0 Å². The van der Waals surface area contributed by atoms with Crippen molar-refractivity contribution in [3.05, 3.63) is 0 Å². The molecule has 0 aromatic carbocycles. The molecule has 266 valence electrons. The van der Waals surface area contributed by atoms with Gasteiger partial charge in [-0.25, -0.2) is 0 Å². The van der Waals surface area contributed by atoms with Crippen molar-refractivity contribution < 1.29 is 9.47 Å². The zero-order valence-electron chi connectivity index (χ0n) is 30.2. The number of fused-ring (bicyclic) bond motifs is 8. The van der Waals surface area contributed by atoms with Crippen LogP contribution in [0, 0.1) is 59.2 Å². The third-order valence-corrected chi connectivity index (χ3v) is 19.3.